The van der Waals surface area contributed by atoms with Crippen molar-refractivity contribution >= 4 is 17.7 Å². The summed E-state index contributed by atoms with van der Waals surface area (Å²) < 4.78 is 0. The van der Waals surface area contributed by atoms with Crippen molar-refractivity contribution in [3.05, 3.63) is 47.7 Å². The zero-order valence-corrected chi connectivity index (χ0v) is 10.1. The second kappa shape index (κ2) is 5.27. The van der Waals surface area contributed by atoms with Gasteiger partial charge in [-0.25, -0.2) is 9.78 Å². The zero-order chi connectivity index (χ0) is 14.7. The van der Waals surface area contributed by atoms with E-state index in [1.807, 2.05) is 0 Å². The monoisotopic (exact) mass is 274 g/mol. The van der Waals surface area contributed by atoms with E-state index in [-0.39, 0.29) is 11.4 Å². The predicted octanol–water partition coefficient (Wildman–Crippen LogP) is 1.44. The second-order valence-corrected chi connectivity index (χ2v) is 3.86. The summed E-state index contributed by atoms with van der Waals surface area (Å²) in [6.45, 7) is 0. The van der Waals surface area contributed by atoms with Gasteiger partial charge in [0.05, 0.1) is 5.56 Å². The van der Waals surface area contributed by atoms with Crippen LogP contribution in [0.2, 0.25) is 0 Å². The first-order chi connectivity index (χ1) is 9.49. The highest BCUT2D eigenvalue weighted by molar-refractivity contribution is 6.08. The van der Waals surface area contributed by atoms with Gasteiger partial charge >= 0.3 is 5.97 Å². The van der Waals surface area contributed by atoms with Crippen molar-refractivity contribution in [3.8, 4) is 11.5 Å². The quantitative estimate of drug-likeness (QED) is 0.629. The number of phenolic OH excluding ortho intramolecular Hbond substituents is 1. The van der Waals surface area contributed by atoms with Crippen LogP contribution in [-0.2, 0) is 0 Å². The molecule has 7 heteroatoms. The fraction of sp³-hybridized carbons (Fsp3) is 0. The first-order valence-electron chi connectivity index (χ1n) is 5.50. The van der Waals surface area contributed by atoms with Crippen LogP contribution in [0.25, 0.3) is 0 Å². The van der Waals surface area contributed by atoms with Crippen molar-refractivity contribution in [2.75, 3.05) is 5.32 Å². The van der Waals surface area contributed by atoms with Crippen molar-refractivity contribution in [1.29, 1.82) is 0 Å². The van der Waals surface area contributed by atoms with Crippen LogP contribution in [0.4, 0.5) is 5.82 Å². The first-order valence-corrected chi connectivity index (χ1v) is 5.50. The summed E-state index contributed by atoms with van der Waals surface area (Å²) in [7, 11) is 0. The van der Waals surface area contributed by atoms with Crippen molar-refractivity contribution in [2.45, 2.75) is 0 Å². The predicted molar refractivity (Wildman–Crippen MR) is 68.9 cm³/mol. The SMILES string of the molecule is O=C(O)c1cc(O)cc(C(=O)Nc2ccccn2)c1O. The number of carbonyl (C=O) groups excluding carboxylic acids is 1. The van der Waals surface area contributed by atoms with Gasteiger partial charge in [0.2, 0.25) is 0 Å². The number of rotatable bonds is 3. The Labute approximate surface area is 113 Å². The van der Waals surface area contributed by atoms with E-state index >= 15 is 0 Å². The maximum atomic E-state index is 11.9. The molecule has 1 heterocycles. The number of hydrogen-bond acceptors (Lipinski definition) is 5. The van der Waals surface area contributed by atoms with Crippen LogP contribution in [0.1, 0.15) is 20.7 Å². The van der Waals surface area contributed by atoms with Gasteiger partial charge in [-0.3, -0.25) is 4.79 Å². The lowest BCUT2D eigenvalue weighted by atomic mass is 10.1. The highest BCUT2D eigenvalue weighted by atomic mass is 16.4. The van der Waals surface area contributed by atoms with Crippen molar-refractivity contribution in [1.82, 2.24) is 4.98 Å². The molecule has 0 fully saturated rings. The van der Waals surface area contributed by atoms with Crippen molar-refractivity contribution < 1.29 is 24.9 Å². The maximum absolute atomic E-state index is 11.9. The molecule has 1 aromatic heterocycles. The molecular formula is C13H10N2O5. The third-order valence-corrected chi connectivity index (χ3v) is 2.48. The topological polar surface area (TPSA) is 120 Å². The highest BCUT2D eigenvalue weighted by Gasteiger charge is 2.20. The molecule has 2 aromatic rings. The van der Waals surface area contributed by atoms with Gasteiger partial charge in [-0.2, -0.15) is 0 Å². The molecule has 0 spiro atoms. The van der Waals surface area contributed by atoms with Gasteiger partial charge in [-0.1, -0.05) is 6.07 Å². The Balaban J connectivity index is 2.37. The second-order valence-electron chi connectivity index (χ2n) is 3.86. The molecule has 0 saturated heterocycles. The molecule has 0 unspecified atom stereocenters. The number of carbonyl (C=O) groups is 2. The Morgan fingerprint density at radius 1 is 1.10 bits per heavy atom. The third-order valence-electron chi connectivity index (χ3n) is 2.48. The Morgan fingerprint density at radius 3 is 2.40 bits per heavy atom. The molecule has 20 heavy (non-hydrogen) atoms. The Hall–Kier alpha value is -3.09. The molecule has 102 valence electrons. The van der Waals surface area contributed by atoms with E-state index in [1.165, 1.54) is 12.3 Å². The van der Waals surface area contributed by atoms with Crippen LogP contribution in [0, 0.1) is 0 Å². The number of nitrogens with one attached hydrogen (secondary N) is 1. The lowest BCUT2D eigenvalue weighted by molar-refractivity contribution is 0.0693. The number of aromatic nitrogens is 1. The van der Waals surface area contributed by atoms with Gasteiger partial charge in [0, 0.05) is 6.20 Å². The third kappa shape index (κ3) is 2.66. The number of nitrogens with zero attached hydrogens (tertiary/aromatic N) is 1. The highest BCUT2D eigenvalue weighted by Crippen LogP contribution is 2.28. The van der Waals surface area contributed by atoms with Gasteiger partial charge in [-0.05, 0) is 24.3 Å². The van der Waals surface area contributed by atoms with Crippen LogP contribution in [0.5, 0.6) is 11.5 Å². The number of phenols is 2. The molecule has 0 aliphatic carbocycles. The molecule has 0 aliphatic heterocycles. The number of hydrogen-bond donors (Lipinski definition) is 4. The summed E-state index contributed by atoms with van der Waals surface area (Å²) in [6, 6.07) is 6.66. The number of aromatic carboxylic acids is 1. The molecule has 0 radical (unpaired) electrons. The fourth-order valence-electron chi connectivity index (χ4n) is 1.58. The summed E-state index contributed by atoms with van der Waals surface area (Å²) >= 11 is 0. The minimum absolute atomic E-state index is 0.233. The average Bonchev–Trinajstić information content (AvgIpc) is 2.41. The normalized spacial score (nSPS) is 10.0. The van der Waals surface area contributed by atoms with Crippen LogP contribution in [0.3, 0.4) is 0 Å². The summed E-state index contributed by atoms with van der Waals surface area (Å²) in [5, 5.41) is 30.4. The van der Waals surface area contributed by atoms with Gasteiger partial charge in [0.1, 0.15) is 22.9 Å². The largest absolute Gasteiger partial charge is 0.508 e. The molecule has 2 rings (SSSR count). The number of carboxylic acids is 1. The molecule has 7 nitrogen and oxygen atoms in total. The number of aromatic hydroxyl groups is 2. The van der Waals surface area contributed by atoms with Crippen molar-refractivity contribution in [2.24, 2.45) is 0 Å². The summed E-state index contributed by atoms with van der Waals surface area (Å²) in [4.78, 5) is 26.7. The number of pyridine rings is 1. The minimum atomic E-state index is -1.45. The van der Waals surface area contributed by atoms with Gasteiger partial charge in [-0.15, -0.1) is 0 Å². The molecule has 1 amide bonds. The van der Waals surface area contributed by atoms with Gasteiger partial charge < -0.3 is 20.6 Å². The molecule has 4 N–H and O–H groups in total. The first kappa shape index (κ1) is 13.3. The van der Waals surface area contributed by atoms with Gasteiger partial charge in [0.25, 0.3) is 5.91 Å². The fourth-order valence-corrected chi connectivity index (χ4v) is 1.58. The molecule has 0 aliphatic rings. The Kier molecular flexibility index (Phi) is 3.52. The molecule has 1 aromatic carbocycles. The van der Waals surface area contributed by atoms with E-state index in [1.54, 1.807) is 12.1 Å². The number of amides is 1. The van der Waals surface area contributed by atoms with E-state index in [0.717, 1.165) is 12.1 Å². The smallest absolute Gasteiger partial charge is 0.339 e. The van der Waals surface area contributed by atoms with Crippen LogP contribution in [0.15, 0.2) is 36.5 Å². The summed E-state index contributed by atoms with van der Waals surface area (Å²) in [6.07, 6.45) is 1.46. The van der Waals surface area contributed by atoms with Gasteiger partial charge in [0.15, 0.2) is 0 Å². The number of benzene rings is 1. The van der Waals surface area contributed by atoms with E-state index in [9.17, 15) is 19.8 Å². The molecule has 0 bridgehead atoms. The van der Waals surface area contributed by atoms with E-state index in [2.05, 4.69) is 10.3 Å². The summed E-state index contributed by atoms with van der Waals surface area (Å²) in [5.74, 6) is -3.16. The summed E-state index contributed by atoms with van der Waals surface area (Å²) in [5.41, 5.74) is -0.913. The van der Waals surface area contributed by atoms with Crippen LogP contribution >= 0.6 is 0 Å². The van der Waals surface area contributed by atoms with Crippen molar-refractivity contribution in [3.63, 3.8) is 0 Å². The van der Waals surface area contributed by atoms with E-state index in [0.29, 0.717) is 0 Å². The minimum Gasteiger partial charge on any atom is -0.508 e. The molecular weight excluding hydrogens is 264 g/mol. The standard InChI is InChI=1S/C13H10N2O5/c16-7-5-8(11(17)9(6-7)13(19)20)12(18)15-10-3-1-2-4-14-10/h1-6,16-17H,(H,19,20)(H,14,15,18). The zero-order valence-electron chi connectivity index (χ0n) is 10.1. The van der Waals surface area contributed by atoms with E-state index < -0.39 is 28.9 Å². The Morgan fingerprint density at radius 2 is 1.80 bits per heavy atom. The van der Waals surface area contributed by atoms with E-state index in [4.69, 9.17) is 5.11 Å². The Bertz CT molecular complexity index is 670. The lowest BCUT2D eigenvalue weighted by Gasteiger charge is -2.08. The average molecular weight is 274 g/mol. The molecule has 0 atom stereocenters. The number of anilines is 1. The number of carboxylic acid groups (broad SMARTS) is 1. The lowest BCUT2D eigenvalue weighted by Crippen LogP contribution is -2.14. The van der Waals surface area contributed by atoms with Crippen LogP contribution < -0.4 is 5.32 Å². The maximum Gasteiger partial charge on any atom is 0.339 e. The van der Waals surface area contributed by atoms with Crippen LogP contribution in [-0.4, -0.2) is 32.2 Å². The molecule has 0 saturated carbocycles.